The highest BCUT2D eigenvalue weighted by molar-refractivity contribution is 7.89. The number of carbonyl (C=O) groups excluding carboxylic acids is 1. The van der Waals surface area contributed by atoms with Gasteiger partial charge in [-0.25, -0.2) is 0 Å². The SMILES string of the molecule is Cc1ccc(S(=O)(=O)N2C(=O)CC[C@H]3c4ccccc4C=CN32)cc1. The Morgan fingerprint density at radius 3 is 2.52 bits per heavy atom. The summed E-state index contributed by atoms with van der Waals surface area (Å²) in [7, 11) is -3.94. The number of hydrogen-bond donors (Lipinski definition) is 0. The van der Waals surface area contributed by atoms with Crippen molar-refractivity contribution in [3.8, 4) is 0 Å². The molecule has 0 aromatic heterocycles. The van der Waals surface area contributed by atoms with Crippen LogP contribution in [0.3, 0.4) is 0 Å². The number of rotatable bonds is 2. The van der Waals surface area contributed by atoms with Gasteiger partial charge in [0.2, 0.25) is 0 Å². The zero-order valence-electron chi connectivity index (χ0n) is 13.8. The molecule has 128 valence electrons. The third-order valence-electron chi connectivity index (χ3n) is 4.68. The molecule has 4 rings (SSSR count). The van der Waals surface area contributed by atoms with E-state index in [0.29, 0.717) is 6.42 Å². The Balaban J connectivity index is 1.79. The summed E-state index contributed by atoms with van der Waals surface area (Å²) in [6.07, 6.45) is 4.34. The fourth-order valence-electron chi connectivity index (χ4n) is 3.40. The molecule has 1 saturated heterocycles. The second-order valence-corrected chi connectivity index (χ2v) is 8.10. The van der Waals surface area contributed by atoms with Gasteiger partial charge in [0.25, 0.3) is 15.9 Å². The Labute approximate surface area is 147 Å². The lowest BCUT2D eigenvalue weighted by Crippen LogP contribution is -2.52. The van der Waals surface area contributed by atoms with Crippen LogP contribution in [-0.2, 0) is 14.8 Å². The highest BCUT2D eigenvalue weighted by atomic mass is 32.2. The van der Waals surface area contributed by atoms with Gasteiger partial charge in [0.05, 0.1) is 10.9 Å². The molecule has 1 atom stereocenters. The van der Waals surface area contributed by atoms with Crippen LogP contribution in [0.4, 0.5) is 0 Å². The summed E-state index contributed by atoms with van der Waals surface area (Å²) in [5, 5.41) is 1.56. The molecule has 2 aliphatic heterocycles. The molecule has 0 N–H and O–H groups in total. The van der Waals surface area contributed by atoms with Gasteiger partial charge in [0, 0.05) is 12.6 Å². The lowest BCUT2D eigenvalue weighted by atomic mass is 9.93. The lowest BCUT2D eigenvalue weighted by Gasteiger charge is -2.44. The number of carbonyl (C=O) groups is 1. The maximum absolute atomic E-state index is 13.1. The summed E-state index contributed by atoms with van der Waals surface area (Å²) < 4.78 is 27.1. The standard InChI is InChI=1S/C19H18N2O3S/c1-14-6-8-16(9-7-14)25(23,24)21-19(22)11-10-18-17-5-3-2-4-15(17)12-13-20(18)21/h2-9,12-13,18H,10-11H2,1H3/t18-/m0/s1. The Bertz CT molecular complexity index is 964. The topological polar surface area (TPSA) is 57.7 Å². The van der Waals surface area contributed by atoms with E-state index in [-0.39, 0.29) is 17.4 Å². The number of sulfonamides is 1. The van der Waals surface area contributed by atoms with Crippen molar-refractivity contribution in [1.29, 1.82) is 0 Å². The maximum Gasteiger partial charge on any atom is 0.284 e. The van der Waals surface area contributed by atoms with E-state index in [1.165, 1.54) is 0 Å². The molecule has 0 spiro atoms. The molecule has 0 radical (unpaired) electrons. The summed E-state index contributed by atoms with van der Waals surface area (Å²) in [4.78, 5) is 12.6. The molecule has 0 aliphatic carbocycles. The monoisotopic (exact) mass is 354 g/mol. The zero-order chi connectivity index (χ0) is 17.6. The summed E-state index contributed by atoms with van der Waals surface area (Å²) in [6, 6.07) is 14.3. The Kier molecular flexibility index (Phi) is 3.65. The van der Waals surface area contributed by atoms with Gasteiger partial charge in [0.1, 0.15) is 0 Å². The second kappa shape index (κ2) is 5.74. The molecule has 6 heteroatoms. The van der Waals surface area contributed by atoms with Crippen LogP contribution in [0.15, 0.2) is 59.6 Å². The van der Waals surface area contributed by atoms with Gasteiger partial charge in [0.15, 0.2) is 0 Å². The van der Waals surface area contributed by atoms with Crippen LogP contribution < -0.4 is 0 Å². The Morgan fingerprint density at radius 1 is 1.04 bits per heavy atom. The van der Waals surface area contributed by atoms with Gasteiger partial charge < -0.3 is 0 Å². The first kappa shape index (κ1) is 15.9. The first-order valence-electron chi connectivity index (χ1n) is 8.19. The first-order chi connectivity index (χ1) is 12.0. The van der Waals surface area contributed by atoms with Crippen molar-refractivity contribution in [2.24, 2.45) is 0 Å². The van der Waals surface area contributed by atoms with E-state index in [1.54, 1.807) is 35.5 Å². The van der Waals surface area contributed by atoms with Gasteiger partial charge in [-0.2, -0.15) is 8.42 Å². The van der Waals surface area contributed by atoms with E-state index in [1.807, 2.05) is 37.3 Å². The molecule has 2 aliphatic rings. The number of hydrogen-bond acceptors (Lipinski definition) is 4. The van der Waals surface area contributed by atoms with Crippen molar-refractivity contribution < 1.29 is 13.2 Å². The molecule has 0 bridgehead atoms. The lowest BCUT2D eigenvalue weighted by molar-refractivity contribution is -0.142. The van der Waals surface area contributed by atoms with Crippen LogP contribution in [0.5, 0.6) is 0 Å². The van der Waals surface area contributed by atoms with Crippen molar-refractivity contribution >= 4 is 22.0 Å². The number of aryl methyl sites for hydroxylation is 1. The van der Waals surface area contributed by atoms with Gasteiger partial charge >= 0.3 is 0 Å². The highest BCUT2D eigenvalue weighted by Gasteiger charge is 2.42. The molecule has 5 nitrogen and oxygen atoms in total. The molecular weight excluding hydrogens is 336 g/mol. The summed E-state index contributed by atoms with van der Waals surface area (Å²) in [6.45, 7) is 1.89. The molecular formula is C19H18N2O3S. The maximum atomic E-state index is 13.1. The third kappa shape index (κ3) is 2.53. The molecule has 1 fully saturated rings. The largest absolute Gasteiger partial charge is 0.284 e. The fraction of sp³-hybridized carbons (Fsp3) is 0.211. The Morgan fingerprint density at radius 2 is 1.76 bits per heavy atom. The number of nitrogens with zero attached hydrogens (tertiary/aromatic N) is 2. The summed E-state index contributed by atoms with van der Waals surface area (Å²) in [5.41, 5.74) is 3.07. The average Bonchev–Trinajstić information content (AvgIpc) is 2.61. The molecule has 2 heterocycles. The molecule has 0 saturated carbocycles. The number of hydrazine groups is 1. The van der Waals surface area contributed by atoms with Crippen molar-refractivity contribution in [2.45, 2.75) is 30.7 Å². The molecule has 0 unspecified atom stereocenters. The third-order valence-corrected chi connectivity index (χ3v) is 6.40. The van der Waals surface area contributed by atoms with Crippen molar-refractivity contribution in [3.63, 3.8) is 0 Å². The van der Waals surface area contributed by atoms with E-state index in [2.05, 4.69) is 0 Å². The number of benzene rings is 2. The van der Waals surface area contributed by atoms with Crippen LogP contribution in [0.2, 0.25) is 0 Å². The van der Waals surface area contributed by atoms with E-state index in [9.17, 15) is 13.2 Å². The second-order valence-electron chi connectivity index (χ2n) is 6.33. The van der Waals surface area contributed by atoms with E-state index in [4.69, 9.17) is 0 Å². The van der Waals surface area contributed by atoms with Crippen molar-refractivity contribution in [3.05, 3.63) is 71.4 Å². The van der Waals surface area contributed by atoms with Crippen LogP contribution in [0, 0.1) is 6.92 Å². The van der Waals surface area contributed by atoms with Crippen molar-refractivity contribution in [2.75, 3.05) is 0 Å². The zero-order valence-corrected chi connectivity index (χ0v) is 14.6. The molecule has 25 heavy (non-hydrogen) atoms. The van der Waals surface area contributed by atoms with Crippen LogP contribution in [0.1, 0.15) is 35.6 Å². The smallest absolute Gasteiger partial charge is 0.272 e. The molecule has 2 aromatic carbocycles. The average molecular weight is 354 g/mol. The van der Waals surface area contributed by atoms with Crippen LogP contribution in [0.25, 0.3) is 6.08 Å². The van der Waals surface area contributed by atoms with Crippen LogP contribution in [-0.4, -0.2) is 23.7 Å². The first-order valence-corrected chi connectivity index (χ1v) is 9.63. The number of fused-ring (bicyclic) bond motifs is 3. The quantitative estimate of drug-likeness (QED) is 0.831. The van der Waals surface area contributed by atoms with Gasteiger partial charge in [-0.15, -0.1) is 4.41 Å². The number of amides is 1. The van der Waals surface area contributed by atoms with E-state index in [0.717, 1.165) is 21.1 Å². The fourth-order valence-corrected chi connectivity index (χ4v) is 4.85. The summed E-state index contributed by atoms with van der Waals surface area (Å²) in [5.74, 6) is -0.402. The summed E-state index contributed by atoms with van der Waals surface area (Å²) >= 11 is 0. The Hall–Kier alpha value is -2.60. The predicted octanol–water partition coefficient (Wildman–Crippen LogP) is 3.25. The molecule has 2 aromatic rings. The van der Waals surface area contributed by atoms with Crippen molar-refractivity contribution in [1.82, 2.24) is 9.42 Å². The van der Waals surface area contributed by atoms with Gasteiger partial charge in [-0.05, 0) is 42.7 Å². The minimum Gasteiger partial charge on any atom is -0.272 e. The predicted molar refractivity (Wildman–Crippen MR) is 94.5 cm³/mol. The highest BCUT2D eigenvalue weighted by Crippen LogP contribution is 2.40. The minimum atomic E-state index is -3.94. The van der Waals surface area contributed by atoms with Crippen LogP contribution >= 0.6 is 0 Å². The van der Waals surface area contributed by atoms with Gasteiger partial charge in [-0.1, -0.05) is 42.0 Å². The normalized spacial score (nSPS) is 19.6. The molecule has 1 amide bonds. The van der Waals surface area contributed by atoms with E-state index >= 15 is 0 Å². The van der Waals surface area contributed by atoms with E-state index < -0.39 is 15.9 Å². The van der Waals surface area contributed by atoms with Gasteiger partial charge in [-0.3, -0.25) is 9.80 Å². The minimum absolute atomic E-state index is 0.124.